The second-order valence-electron chi connectivity index (χ2n) is 5.79. The lowest BCUT2D eigenvalue weighted by Gasteiger charge is -2.33. The van der Waals surface area contributed by atoms with Crippen molar-refractivity contribution in [2.75, 3.05) is 26.2 Å². The van der Waals surface area contributed by atoms with Crippen LogP contribution >= 0.6 is 22.9 Å². The minimum atomic E-state index is -0.111. The molecular formula is C17H16ClN3O3S. The largest absolute Gasteiger partial charge is 0.462 e. The Morgan fingerprint density at radius 2 is 2.08 bits per heavy atom. The summed E-state index contributed by atoms with van der Waals surface area (Å²) in [6.45, 7) is 3.69. The number of hydrogen-bond donors (Lipinski definition) is 0. The molecule has 130 valence electrons. The van der Waals surface area contributed by atoms with E-state index in [0.29, 0.717) is 18.8 Å². The SMILES string of the molecule is O=C(c1ccc(Cl)o1)N1CCN(Cc2csc(-c3ccco3)n2)CC1. The molecule has 1 aliphatic heterocycles. The minimum Gasteiger partial charge on any atom is -0.462 e. The van der Waals surface area contributed by atoms with Gasteiger partial charge in [0, 0.05) is 38.1 Å². The number of piperazine rings is 1. The van der Waals surface area contributed by atoms with E-state index in [1.807, 2.05) is 12.1 Å². The van der Waals surface area contributed by atoms with Crippen LogP contribution in [0.25, 0.3) is 10.8 Å². The van der Waals surface area contributed by atoms with E-state index in [2.05, 4.69) is 15.3 Å². The maximum absolute atomic E-state index is 12.3. The summed E-state index contributed by atoms with van der Waals surface area (Å²) >= 11 is 7.32. The Balaban J connectivity index is 1.32. The van der Waals surface area contributed by atoms with Crippen molar-refractivity contribution in [3.63, 3.8) is 0 Å². The Kier molecular flexibility index (Phi) is 4.61. The Morgan fingerprint density at radius 1 is 1.24 bits per heavy atom. The standard InChI is InChI=1S/C17H16ClN3O3S/c18-15-4-3-14(24-15)17(22)21-7-5-20(6-8-21)10-12-11-25-16(19-12)13-2-1-9-23-13/h1-4,9,11H,5-8,10H2. The lowest BCUT2D eigenvalue weighted by atomic mass is 10.2. The minimum absolute atomic E-state index is 0.111. The third kappa shape index (κ3) is 3.63. The zero-order chi connectivity index (χ0) is 17.2. The number of aromatic nitrogens is 1. The predicted molar refractivity (Wildman–Crippen MR) is 94.7 cm³/mol. The molecule has 0 aliphatic carbocycles. The zero-order valence-electron chi connectivity index (χ0n) is 13.4. The van der Waals surface area contributed by atoms with Gasteiger partial charge in [-0.05, 0) is 35.9 Å². The average molecular weight is 378 g/mol. The van der Waals surface area contributed by atoms with Crippen LogP contribution in [0.3, 0.4) is 0 Å². The van der Waals surface area contributed by atoms with Gasteiger partial charge in [0.05, 0.1) is 12.0 Å². The number of hydrogen-bond acceptors (Lipinski definition) is 6. The van der Waals surface area contributed by atoms with E-state index in [4.69, 9.17) is 20.4 Å². The lowest BCUT2D eigenvalue weighted by molar-refractivity contribution is 0.0597. The summed E-state index contributed by atoms with van der Waals surface area (Å²) in [5.74, 6) is 0.977. The van der Waals surface area contributed by atoms with E-state index in [1.54, 1.807) is 34.6 Å². The van der Waals surface area contributed by atoms with Crippen molar-refractivity contribution in [3.8, 4) is 10.8 Å². The molecule has 0 atom stereocenters. The molecule has 0 radical (unpaired) electrons. The summed E-state index contributed by atoms with van der Waals surface area (Å²) in [6.07, 6.45) is 1.65. The molecule has 0 aromatic carbocycles. The van der Waals surface area contributed by atoms with Crippen molar-refractivity contribution in [1.29, 1.82) is 0 Å². The molecule has 1 aliphatic rings. The summed E-state index contributed by atoms with van der Waals surface area (Å²) in [5.41, 5.74) is 1.02. The summed E-state index contributed by atoms with van der Waals surface area (Å²) < 4.78 is 10.6. The Hall–Kier alpha value is -2.09. The highest BCUT2D eigenvalue weighted by Gasteiger charge is 2.24. The first-order valence-corrected chi connectivity index (χ1v) is 9.20. The van der Waals surface area contributed by atoms with Gasteiger partial charge in [0.1, 0.15) is 0 Å². The number of nitrogens with zero attached hydrogens (tertiary/aromatic N) is 3. The number of carbonyl (C=O) groups excluding carboxylic acids is 1. The molecule has 1 saturated heterocycles. The van der Waals surface area contributed by atoms with Crippen LogP contribution in [0.5, 0.6) is 0 Å². The second kappa shape index (κ2) is 7.03. The fraction of sp³-hybridized carbons (Fsp3) is 0.294. The molecule has 0 unspecified atom stereocenters. The second-order valence-corrected chi connectivity index (χ2v) is 7.02. The summed E-state index contributed by atoms with van der Waals surface area (Å²) in [4.78, 5) is 21.1. The predicted octanol–water partition coefficient (Wildman–Crippen LogP) is 3.61. The van der Waals surface area contributed by atoms with E-state index >= 15 is 0 Å². The summed E-state index contributed by atoms with van der Waals surface area (Å²) in [7, 11) is 0. The van der Waals surface area contributed by atoms with Crippen molar-refractivity contribution in [1.82, 2.24) is 14.8 Å². The van der Waals surface area contributed by atoms with Crippen molar-refractivity contribution in [3.05, 3.63) is 52.6 Å². The molecule has 0 spiro atoms. The van der Waals surface area contributed by atoms with Gasteiger partial charge in [-0.1, -0.05) is 0 Å². The van der Waals surface area contributed by atoms with Crippen molar-refractivity contribution >= 4 is 28.8 Å². The van der Waals surface area contributed by atoms with Crippen LogP contribution < -0.4 is 0 Å². The number of amides is 1. The van der Waals surface area contributed by atoms with Gasteiger partial charge < -0.3 is 13.7 Å². The molecule has 3 aromatic heterocycles. The summed E-state index contributed by atoms with van der Waals surface area (Å²) in [6, 6.07) is 6.97. The van der Waals surface area contributed by atoms with Gasteiger partial charge in [-0.25, -0.2) is 4.98 Å². The van der Waals surface area contributed by atoms with Gasteiger partial charge in [0.25, 0.3) is 5.91 Å². The molecule has 1 fully saturated rings. The first-order valence-electron chi connectivity index (χ1n) is 7.94. The number of furan rings is 2. The fourth-order valence-corrected chi connectivity index (χ4v) is 3.74. The first-order chi connectivity index (χ1) is 12.2. The Labute approximate surface area is 153 Å². The third-order valence-electron chi connectivity index (χ3n) is 4.11. The van der Waals surface area contributed by atoms with E-state index < -0.39 is 0 Å². The molecule has 25 heavy (non-hydrogen) atoms. The van der Waals surface area contributed by atoms with E-state index in [1.165, 1.54) is 0 Å². The normalized spacial score (nSPS) is 15.6. The molecule has 3 aromatic rings. The highest BCUT2D eigenvalue weighted by Crippen LogP contribution is 2.24. The quantitative estimate of drug-likeness (QED) is 0.695. The topological polar surface area (TPSA) is 62.7 Å². The molecule has 8 heteroatoms. The molecular weight excluding hydrogens is 362 g/mol. The number of thiazole rings is 1. The monoisotopic (exact) mass is 377 g/mol. The number of halogens is 1. The van der Waals surface area contributed by atoms with E-state index in [-0.39, 0.29) is 11.1 Å². The smallest absolute Gasteiger partial charge is 0.289 e. The fourth-order valence-electron chi connectivity index (χ4n) is 2.82. The van der Waals surface area contributed by atoms with E-state index in [9.17, 15) is 4.79 Å². The maximum atomic E-state index is 12.3. The van der Waals surface area contributed by atoms with Crippen molar-refractivity contribution < 1.29 is 13.6 Å². The van der Waals surface area contributed by atoms with Crippen LogP contribution in [-0.4, -0.2) is 46.9 Å². The molecule has 0 saturated carbocycles. The molecule has 0 N–H and O–H groups in total. The van der Waals surface area contributed by atoms with Crippen LogP contribution in [0.2, 0.25) is 5.22 Å². The number of carbonyl (C=O) groups is 1. The van der Waals surface area contributed by atoms with Crippen LogP contribution in [0.4, 0.5) is 0 Å². The molecule has 6 nitrogen and oxygen atoms in total. The third-order valence-corrected chi connectivity index (χ3v) is 5.22. The lowest BCUT2D eigenvalue weighted by Crippen LogP contribution is -2.48. The molecule has 4 heterocycles. The Bertz CT molecular complexity index is 850. The van der Waals surface area contributed by atoms with Gasteiger partial charge in [0.2, 0.25) is 0 Å². The van der Waals surface area contributed by atoms with Gasteiger partial charge in [-0.3, -0.25) is 9.69 Å². The van der Waals surface area contributed by atoms with Crippen LogP contribution in [0, 0.1) is 0 Å². The molecule has 0 bridgehead atoms. The number of rotatable bonds is 4. The van der Waals surface area contributed by atoms with Gasteiger partial charge in [-0.15, -0.1) is 11.3 Å². The van der Waals surface area contributed by atoms with Gasteiger partial charge in [0.15, 0.2) is 21.7 Å². The molecule has 4 rings (SSSR count). The first kappa shape index (κ1) is 16.4. The van der Waals surface area contributed by atoms with Crippen molar-refractivity contribution in [2.24, 2.45) is 0 Å². The summed E-state index contributed by atoms with van der Waals surface area (Å²) in [5, 5.41) is 3.18. The van der Waals surface area contributed by atoms with Crippen LogP contribution in [0.1, 0.15) is 16.2 Å². The van der Waals surface area contributed by atoms with E-state index in [0.717, 1.165) is 36.1 Å². The van der Waals surface area contributed by atoms with Gasteiger partial charge >= 0.3 is 0 Å². The molecule has 1 amide bonds. The highest BCUT2D eigenvalue weighted by molar-refractivity contribution is 7.13. The van der Waals surface area contributed by atoms with Crippen LogP contribution in [-0.2, 0) is 6.54 Å². The zero-order valence-corrected chi connectivity index (χ0v) is 14.9. The van der Waals surface area contributed by atoms with Crippen molar-refractivity contribution in [2.45, 2.75) is 6.54 Å². The maximum Gasteiger partial charge on any atom is 0.289 e. The van der Waals surface area contributed by atoms with Gasteiger partial charge in [-0.2, -0.15) is 0 Å². The average Bonchev–Trinajstić information content (AvgIpc) is 3.36. The Morgan fingerprint density at radius 3 is 2.76 bits per heavy atom. The highest BCUT2D eigenvalue weighted by atomic mass is 35.5. The van der Waals surface area contributed by atoms with Crippen LogP contribution in [0.15, 0.2) is 44.7 Å².